The standard InChI is InChI=1S/C15H24N4O2/c1-9(2)6-12-15(21)19(11-7-16-18(5)8-11)13(10(3)4)14(20)17-12/h7-10,12-13H,6H2,1-5H3,(H,17,20). The molecule has 0 aliphatic carbocycles. The first-order valence-electron chi connectivity index (χ1n) is 7.43. The lowest BCUT2D eigenvalue weighted by Crippen LogP contribution is -2.65. The lowest BCUT2D eigenvalue weighted by Gasteiger charge is -2.40. The van der Waals surface area contributed by atoms with Crippen molar-refractivity contribution in [1.82, 2.24) is 15.1 Å². The van der Waals surface area contributed by atoms with Crippen LogP contribution in [-0.4, -0.2) is 33.7 Å². The van der Waals surface area contributed by atoms with Gasteiger partial charge >= 0.3 is 0 Å². The summed E-state index contributed by atoms with van der Waals surface area (Å²) >= 11 is 0. The lowest BCUT2D eigenvalue weighted by atomic mass is 9.93. The van der Waals surface area contributed by atoms with Crippen molar-refractivity contribution in [2.45, 2.75) is 46.2 Å². The minimum absolute atomic E-state index is 0.0363. The van der Waals surface area contributed by atoms with Crippen molar-refractivity contribution in [3.8, 4) is 0 Å². The van der Waals surface area contributed by atoms with Crippen LogP contribution in [0.25, 0.3) is 0 Å². The van der Waals surface area contributed by atoms with Crippen LogP contribution in [0.15, 0.2) is 12.4 Å². The molecule has 2 rings (SSSR count). The highest BCUT2D eigenvalue weighted by molar-refractivity contribution is 6.08. The predicted octanol–water partition coefficient (Wildman–Crippen LogP) is 1.32. The molecule has 2 heterocycles. The number of carbonyl (C=O) groups excluding carboxylic acids is 2. The fourth-order valence-electron chi connectivity index (χ4n) is 2.79. The molecule has 6 heteroatoms. The zero-order valence-electron chi connectivity index (χ0n) is 13.3. The molecule has 1 aliphatic heterocycles. The Kier molecular flexibility index (Phi) is 4.34. The average Bonchev–Trinajstić information content (AvgIpc) is 2.78. The molecule has 116 valence electrons. The monoisotopic (exact) mass is 292 g/mol. The van der Waals surface area contributed by atoms with Gasteiger partial charge in [-0.05, 0) is 18.3 Å². The van der Waals surface area contributed by atoms with E-state index in [-0.39, 0.29) is 17.7 Å². The summed E-state index contributed by atoms with van der Waals surface area (Å²) in [4.78, 5) is 26.9. The first kappa shape index (κ1) is 15.5. The summed E-state index contributed by atoms with van der Waals surface area (Å²) in [5, 5.41) is 7.00. The normalized spacial score (nSPS) is 23.1. The maximum absolute atomic E-state index is 12.8. The van der Waals surface area contributed by atoms with Crippen LogP contribution < -0.4 is 10.2 Å². The van der Waals surface area contributed by atoms with Crippen LogP contribution in [0, 0.1) is 11.8 Å². The highest BCUT2D eigenvalue weighted by atomic mass is 16.2. The molecule has 1 aromatic rings. The number of hydrogen-bond acceptors (Lipinski definition) is 3. The van der Waals surface area contributed by atoms with E-state index in [1.807, 2.05) is 27.7 Å². The van der Waals surface area contributed by atoms with Gasteiger partial charge in [-0.2, -0.15) is 5.10 Å². The second kappa shape index (κ2) is 5.87. The predicted molar refractivity (Wildman–Crippen MR) is 80.7 cm³/mol. The Morgan fingerprint density at radius 1 is 1.29 bits per heavy atom. The Morgan fingerprint density at radius 2 is 1.95 bits per heavy atom. The third kappa shape index (κ3) is 3.09. The minimum atomic E-state index is -0.481. The molecule has 0 spiro atoms. The molecule has 0 aromatic carbocycles. The first-order valence-corrected chi connectivity index (χ1v) is 7.43. The molecular formula is C15H24N4O2. The van der Waals surface area contributed by atoms with E-state index in [1.54, 1.807) is 29.0 Å². The number of nitrogens with zero attached hydrogens (tertiary/aromatic N) is 3. The maximum atomic E-state index is 12.8. The Bertz CT molecular complexity index is 536. The summed E-state index contributed by atoms with van der Waals surface area (Å²) in [6.07, 6.45) is 4.06. The van der Waals surface area contributed by atoms with Crippen molar-refractivity contribution < 1.29 is 9.59 Å². The molecule has 2 amide bonds. The van der Waals surface area contributed by atoms with Crippen molar-refractivity contribution >= 4 is 17.5 Å². The van der Waals surface area contributed by atoms with Gasteiger partial charge in [0.1, 0.15) is 12.1 Å². The SMILES string of the molecule is CC(C)CC1NC(=O)C(C(C)C)N(c2cnn(C)c2)C1=O. The molecule has 1 fully saturated rings. The second-order valence-corrected chi connectivity index (χ2v) is 6.46. The lowest BCUT2D eigenvalue weighted by molar-refractivity contribution is -0.135. The van der Waals surface area contributed by atoms with E-state index in [9.17, 15) is 9.59 Å². The Hall–Kier alpha value is -1.85. The largest absolute Gasteiger partial charge is 0.342 e. The van der Waals surface area contributed by atoms with Gasteiger partial charge in [-0.15, -0.1) is 0 Å². The highest BCUT2D eigenvalue weighted by Crippen LogP contribution is 2.26. The van der Waals surface area contributed by atoms with E-state index < -0.39 is 12.1 Å². The van der Waals surface area contributed by atoms with Crippen molar-refractivity contribution in [3.63, 3.8) is 0 Å². The van der Waals surface area contributed by atoms with Crippen LogP contribution in [0.3, 0.4) is 0 Å². The van der Waals surface area contributed by atoms with Crippen molar-refractivity contribution in [3.05, 3.63) is 12.4 Å². The number of carbonyl (C=O) groups is 2. The van der Waals surface area contributed by atoms with Gasteiger partial charge in [0.05, 0.1) is 11.9 Å². The highest BCUT2D eigenvalue weighted by Gasteiger charge is 2.43. The summed E-state index contributed by atoms with van der Waals surface area (Å²) < 4.78 is 1.64. The van der Waals surface area contributed by atoms with Gasteiger partial charge in [0.2, 0.25) is 11.8 Å². The van der Waals surface area contributed by atoms with E-state index in [0.29, 0.717) is 18.0 Å². The van der Waals surface area contributed by atoms with Crippen LogP contribution in [0.2, 0.25) is 0 Å². The number of anilines is 1. The number of aromatic nitrogens is 2. The van der Waals surface area contributed by atoms with Crippen molar-refractivity contribution in [2.24, 2.45) is 18.9 Å². The van der Waals surface area contributed by atoms with Gasteiger partial charge < -0.3 is 5.32 Å². The maximum Gasteiger partial charge on any atom is 0.250 e. The third-order valence-corrected chi connectivity index (χ3v) is 3.71. The van der Waals surface area contributed by atoms with E-state index in [0.717, 1.165) is 0 Å². The Labute approximate surface area is 125 Å². The van der Waals surface area contributed by atoms with Crippen LogP contribution >= 0.6 is 0 Å². The number of nitrogens with one attached hydrogen (secondary N) is 1. The Balaban J connectivity index is 2.37. The van der Waals surface area contributed by atoms with Gasteiger partial charge in [-0.3, -0.25) is 19.2 Å². The summed E-state index contributed by atoms with van der Waals surface area (Å²) in [7, 11) is 1.80. The fourth-order valence-corrected chi connectivity index (χ4v) is 2.79. The van der Waals surface area contributed by atoms with Crippen LogP contribution in [0.5, 0.6) is 0 Å². The number of aryl methyl sites for hydroxylation is 1. The second-order valence-electron chi connectivity index (χ2n) is 6.46. The molecule has 0 saturated carbocycles. The van der Waals surface area contributed by atoms with Crippen LogP contribution in [0.1, 0.15) is 34.1 Å². The Morgan fingerprint density at radius 3 is 2.43 bits per heavy atom. The number of rotatable bonds is 4. The van der Waals surface area contributed by atoms with E-state index in [1.165, 1.54) is 0 Å². The van der Waals surface area contributed by atoms with Crippen LogP contribution in [-0.2, 0) is 16.6 Å². The van der Waals surface area contributed by atoms with Crippen molar-refractivity contribution in [1.29, 1.82) is 0 Å². The zero-order chi connectivity index (χ0) is 15.7. The molecule has 21 heavy (non-hydrogen) atoms. The minimum Gasteiger partial charge on any atom is -0.342 e. The van der Waals surface area contributed by atoms with E-state index >= 15 is 0 Å². The zero-order valence-corrected chi connectivity index (χ0v) is 13.3. The molecule has 0 bridgehead atoms. The molecule has 1 N–H and O–H groups in total. The molecule has 2 atom stereocenters. The summed E-state index contributed by atoms with van der Waals surface area (Å²) in [6, 6.07) is -0.933. The van der Waals surface area contributed by atoms with E-state index in [4.69, 9.17) is 0 Å². The molecule has 1 saturated heterocycles. The average molecular weight is 292 g/mol. The van der Waals surface area contributed by atoms with Gasteiger partial charge in [0.15, 0.2) is 0 Å². The molecule has 6 nitrogen and oxygen atoms in total. The summed E-state index contributed by atoms with van der Waals surface area (Å²) in [5.41, 5.74) is 0.685. The first-order chi connectivity index (χ1) is 9.81. The third-order valence-electron chi connectivity index (χ3n) is 3.71. The van der Waals surface area contributed by atoms with Gasteiger partial charge in [0.25, 0.3) is 0 Å². The molecule has 0 radical (unpaired) electrons. The van der Waals surface area contributed by atoms with Crippen LogP contribution in [0.4, 0.5) is 5.69 Å². The number of piperazine rings is 1. The quantitative estimate of drug-likeness (QED) is 0.910. The van der Waals surface area contributed by atoms with E-state index in [2.05, 4.69) is 10.4 Å². The fraction of sp³-hybridized carbons (Fsp3) is 0.667. The summed E-state index contributed by atoms with van der Waals surface area (Å²) in [5.74, 6) is 0.244. The van der Waals surface area contributed by atoms with Gasteiger partial charge in [0, 0.05) is 13.2 Å². The molecular weight excluding hydrogens is 268 g/mol. The van der Waals surface area contributed by atoms with Crippen molar-refractivity contribution in [2.75, 3.05) is 4.90 Å². The summed E-state index contributed by atoms with van der Waals surface area (Å²) in [6.45, 7) is 7.98. The topological polar surface area (TPSA) is 67.2 Å². The number of hydrogen-bond donors (Lipinski definition) is 1. The molecule has 1 aliphatic rings. The molecule has 2 unspecified atom stereocenters. The van der Waals surface area contributed by atoms with Gasteiger partial charge in [-0.1, -0.05) is 27.7 Å². The number of amides is 2. The molecule has 1 aromatic heterocycles. The smallest absolute Gasteiger partial charge is 0.250 e. The van der Waals surface area contributed by atoms with Gasteiger partial charge in [-0.25, -0.2) is 0 Å².